The summed E-state index contributed by atoms with van der Waals surface area (Å²) in [6, 6.07) is 18.0. The smallest absolute Gasteiger partial charge is 0.229 e. The van der Waals surface area contributed by atoms with Gasteiger partial charge in [-0.05, 0) is 49.1 Å². The number of nitrogens with zero attached hydrogens (tertiary/aromatic N) is 3. The maximum Gasteiger partial charge on any atom is 0.229 e. The minimum absolute atomic E-state index is 0.144. The van der Waals surface area contributed by atoms with Crippen molar-refractivity contribution in [1.82, 2.24) is 20.2 Å². The van der Waals surface area contributed by atoms with Crippen LogP contribution in [0.1, 0.15) is 42.9 Å². The highest BCUT2D eigenvalue weighted by Crippen LogP contribution is 2.34. The first-order valence-corrected chi connectivity index (χ1v) is 10.8. The van der Waals surface area contributed by atoms with Crippen molar-refractivity contribution in [2.24, 2.45) is 0 Å². The van der Waals surface area contributed by atoms with Gasteiger partial charge in [0.25, 0.3) is 0 Å². The number of H-pyrrole nitrogens is 1. The molecule has 0 unspecified atom stereocenters. The number of aliphatic hydroxyl groups excluding tert-OH is 1. The topological polar surface area (TPSA) is 98.8 Å². The van der Waals surface area contributed by atoms with E-state index in [-0.39, 0.29) is 6.61 Å². The molecule has 0 atom stereocenters. The fourth-order valence-corrected chi connectivity index (χ4v) is 4.21. The summed E-state index contributed by atoms with van der Waals surface area (Å²) in [5, 5.41) is 24.4. The number of nitrogens with one attached hydrogen (secondary N) is 3. The molecule has 5 rings (SSSR count). The number of hydrogen-bond donors (Lipinski definition) is 4. The third-order valence-electron chi connectivity index (χ3n) is 5.85. The maximum atomic E-state index is 9.09. The molecule has 2 aromatic carbocycles. The van der Waals surface area contributed by atoms with Gasteiger partial charge in [-0.3, -0.25) is 5.10 Å². The Balaban J connectivity index is 1.42. The second-order valence-electron chi connectivity index (χ2n) is 8.02. The van der Waals surface area contributed by atoms with E-state index >= 15 is 0 Å². The molecular formula is C24H26N6O. The quantitative estimate of drug-likeness (QED) is 0.338. The third-order valence-corrected chi connectivity index (χ3v) is 5.85. The van der Waals surface area contributed by atoms with Gasteiger partial charge in [0.2, 0.25) is 5.95 Å². The second kappa shape index (κ2) is 8.73. The molecular weight excluding hydrogens is 388 g/mol. The van der Waals surface area contributed by atoms with E-state index in [1.165, 1.54) is 31.4 Å². The summed E-state index contributed by atoms with van der Waals surface area (Å²) in [4.78, 5) is 9.40. The molecule has 0 amide bonds. The van der Waals surface area contributed by atoms with Crippen LogP contribution in [0.2, 0.25) is 0 Å². The maximum absolute atomic E-state index is 9.09. The second-order valence-corrected chi connectivity index (χ2v) is 8.02. The number of anilines is 4. The van der Waals surface area contributed by atoms with Crippen LogP contribution in [-0.4, -0.2) is 31.9 Å². The van der Waals surface area contributed by atoms with Crippen molar-refractivity contribution >= 4 is 34.2 Å². The Bertz CT molecular complexity index is 1160. The van der Waals surface area contributed by atoms with Gasteiger partial charge in [0.05, 0.1) is 5.52 Å². The van der Waals surface area contributed by atoms with E-state index in [1.807, 2.05) is 48.5 Å². The first-order valence-electron chi connectivity index (χ1n) is 10.8. The number of aromatic nitrogens is 4. The molecule has 0 aliphatic heterocycles. The highest BCUT2D eigenvalue weighted by Gasteiger charge is 2.19. The largest absolute Gasteiger partial charge is 0.396 e. The standard InChI is InChI=1S/C24H26N6O/c31-14-13-16-9-11-18(12-10-16)25-24-26-20-8-4-3-7-19(20)23(28-24)27-22-15-21(29-30-22)17-5-1-2-6-17/h3-4,7-12,15,17,31H,1-2,5-6,13-14H2,(H3,25,26,27,28,29,30). The Labute approximate surface area is 181 Å². The van der Waals surface area contributed by atoms with E-state index in [4.69, 9.17) is 10.1 Å². The van der Waals surface area contributed by atoms with E-state index in [0.29, 0.717) is 18.3 Å². The summed E-state index contributed by atoms with van der Waals surface area (Å²) < 4.78 is 0. The highest BCUT2D eigenvalue weighted by molar-refractivity contribution is 5.91. The average molecular weight is 415 g/mol. The van der Waals surface area contributed by atoms with Gasteiger partial charge >= 0.3 is 0 Å². The predicted molar refractivity (Wildman–Crippen MR) is 123 cm³/mol. The minimum atomic E-state index is 0.144. The zero-order valence-corrected chi connectivity index (χ0v) is 17.3. The Morgan fingerprint density at radius 1 is 0.968 bits per heavy atom. The van der Waals surface area contributed by atoms with Gasteiger partial charge in [-0.25, -0.2) is 4.98 Å². The van der Waals surface area contributed by atoms with Crippen LogP contribution >= 0.6 is 0 Å². The van der Waals surface area contributed by atoms with Crippen molar-refractivity contribution in [1.29, 1.82) is 0 Å². The molecule has 7 nitrogen and oxygen atoms in total. The van der Waals surface area contributed by atoms with Crippen LogP contribution in [-0.2, 0) is 6.42 Å². The van der Waals surface area contributed by atoms with Crippen LogP contribution in [0.15, 0.2) is 54.6 Å². The summed E-state index contributed by atoms with van der Waals surface area (Å²) in [7, 11) is 0. The fraction of sp³-hybridized carbons (Fsp3) is 0.292. The number of benzene rings is 2. The first-order chi connectivity index (χ1) is 15.3. The van der Waals surface area contributed by atoms with E-state index in [0.717, 1.165) is 33.8 Å². The van der Waals surface area contributed by atoms with E-state index < -0.39 is 0 Å². The molecule has 1 saturated carbocycles. The zero-order chi connectivity index (χ0) is 21.0. The van der Waals surface area contributed by atoms with Gasteiger partial charge in [0.1, 0.15) is 5.82 Å². The molecule has 7 heteroatoms. The zero-order valence-electron chi connectivity index (χ0n) is 17.3. The van der Waals surface area contributed by atoms with Crippen molar-refractivity contribution < 1.29 is 5.11 Å². The monoisotopic (exact) mass is 414 g/mol. The predicted octanol–water partition coefficient (Wildman–Crippen LogP) is 5.03. The molecule has 2 heterocycles. The summed E-state index contributed by atoms with van der Waals surface area (Å²) in [6.07, 6.45) is 5.68. The molecule has 1 aliphatic rings. The van der Waals surface area contributed by atoms with Gasteiger partial charge in [-0.1, -0.05) is 37.1 Å². The average Bonchev–Trinajstić information content (AvgIpc) is 3.47. The molecule has 1 aliphatic carbocycles. The summed E-state index contributed by atoms with van der Waals surface area (Å²) >= 11 is 0. The van der Waals surface area contributed by atoms with Crippen molar-refractivity contribution in [3.05, 3.63) is 65.9 Å². The molecule has 4 N–H and O–H groups in total. The Hall–Kier alpha value is -3.45. The Kier molecular flexibility index (Phi) is 5.50. The molecule has 0 saturated heterocycles. The molecule has 2 aromatic heterocycles. The number of para-hydroxylation sites is 1. The highest BCUT2D eigenvalue weighted by atomic mass is 16.2. The minimum Gasteiger partial charge on any atom is -0.396 e. The molecule has 0 bridgehead atoms. The Morgan fingerprint density at radius 2 is 1.77 bits per heavy atom. The normalized spacial score (nSPS) is 14.2. The lowest BCUT2D eigenvalue weighted by molar-refractivity contribution is 0.299. The lowest BCUT2D eigenvalue weighted by Gasteiger charge is -2.11. The van der Waals surface area contributed by atoms with Gasteiger partial charge in [-0.15, -0.1) is 0 Å². The van der Waals surface area contributed by atoms with Gasteiger partial charge in [0.15, 0.2) is 5.82 Å². The number of aromatic amines is 1. The van der Waals surface area contributed by atoms with Gasteiger partial charge in [-0.2, -0.15) is 10.1 Å². The van der Waals surface area contributed by atoms with Crippen LogP contribution in [0, 0.1) is 0 Å². The van der Waals surface area contributed by atoms with Gasteiger partial charge < -0.3 is 15.7 Å². The first kappa shape index (κ1) is 19.5. The van der Waals surface area contributed by atoms with Crippen molar-refractivity contribution in [3.8, 4) is 0 Å². The van der Waals surface area contributed by atoms with Crippen molar-refractivity contribution in [2.45, 2.75) is 38.0 Å². The summed E-state index contributed by atoms with van der Waals surface area (Å²) in [6.45, 7) is 0.144. The summed E-state index contributed by atoms with van der Waals surface area (Å²) in [5.41, 5.74) is 4.03. The van der Waals surface area contributed by atoms with E-state index in [1.54, 1.807) is 0 Å². The molecule has 4 aromatic rings. The third kappa shape index (κ3) is 4.36. The number of rotatable bonds is 7. The lowest BCUT2D eigenvalue weighted by atomic mass is 10.0. The fourth-order valence-electron chi connectivity index (χ4n) is 4.21. The molecule has 31 heavy (non-hydrogen) atoms. The molecule has 158 valence electrons. The van der Waals surface area contributed by atoms with E-state index in [2.05, 4.69) is 31.9 Å². The van der Waals surface area contributed by atoms with Crippen LogP contribution in [0.5, 0.6) is 0 Å². The summed E-state index contributed by atoms with van der Waals surface area (Å²) in [5.74, 6) is 2.58. The molecule has 1 fully saturated rings. The molecule has 0 spiro atoms. The van der Waals surface area contributed by atoms with Crippen LogP contribution in [0.4, 0.5) is 23.3 Å². The van der Waals surface area contributed by atoms with Gasteiger partial charge in [0, 0.05) is 35.4 Å². The number of fused-ring (bicyclic) bond motifs is 1. The SMILES string of the molecule is OCCc1ccc(Nc2nc(Nc3cc(C4CCCC4)[nH]n3)c3ccccc3n2)cc1. The lowest BCUT2D eigenvalue weighted by Crippen LogP contribution is -2.02. The number of hydrogen-bond acceptors (Lipinski definition) is 6. The van der Waals surface area contributed by atoms with Crippen molar-refractivity contribution in [3.63, 3.8) is 0 Å². The van der Waals surface area contributed by atoms with Crippen LogP contribution in [0.3, 0.4) is 0 Å². The van der Waals surface area contributed by atoms with Crippen LogP contribution < -0.4 is 10.6 Å². The van der Waals surface area contributed by atoms with Crippen molar-refractivity contribution in [2.75, 3.05) is 17.2 Å². The van der Waals surface area contributed by atoms with E-state index in [9.17, 15) is 0 Å². The number of aliphatic hydroxyl groups is 1. The molecule has 0 radical (unpaired) electrons. The Morgan fingerprint density at radius 3 is 2.58 bits per heavy atom. The van der Waals surface area contributed by atoms with Crippen LogP contribution in [0.25, 0.3) is 10.9 Å².